The molecule has 0 radical (unpaired) electrons. The molecule has 14 heavy (non-hydrogen) atoms. The van der Waals surface area contributed by atoms with Gasteiger partial charge in [-0.15, -0.1) is 0 Å². The minimum atomic E-state index is -0.588. The Morgan fingerprint density at radius 3 is 2.29 bits per heavy atom. The molecule has 0 heterocycles. The Morgan fingerprint density at radius 2 is 1.79 bits per heavy atom. The van der Waals surface area contributed by atoms with Gasteiger partial charge in [0.15, 0.2) is 0 Å². The molecule has 1 nitrogen and oxygen atoms in total. The number of rotatable bonds is 2. The Labute approximate surface area is 82.9 Å². The molecule has 2 N–H and O–H groups in total. The van der Waals surface area contributed by atoms with Crippen LogP contribution in [-0.4, -0.2) is 0 Å². The normalized spacial score (nSPS) is 13.4. The molecule has 0 amide bonds. The second-order valence-electron chi connectivity index (χ2n) is 3.86. The van der Waals surface area contributed by atoms with Crippen LogP contribution in [0.5, 0.6) is 0 Å². The summed E-state index contributed by atoms with van der Waals surface area (Å²) in [5, 5.41) is 0. The molecule has 0 saturated heterocycles. The Balaban J connectivity index is 3.25. The highest BCUT2D eigenvalue weighted by atomic mass is 19.1. The molecular weight excluding hydrogens is 184 g/mol. The summed E-state index contributed by atoms with van der Waals surface area (Å²) in [5.41, 5.74) is 6.16. The van der Waals surface area contributed by atoms with Crippen molar-refractivity contribution >= 4 is 0 Å². The van der Waals surface area contributed by atoms with Crippen LogP contribution >= 0.6 is 0 Å². The Bertz CT molecular complexity index is 334. The predicted molar refractivity (Wildman–Crippen MR) is 52.9 cm³/mol. The minimum Gasteiger partial charge on any atom is -0.324 e. The molecule has 3 heteroatoms. The fourth-order valence-electron chi connectivity index (χ4n) is 1.32. The van der Waals surface area contributed by atoms with Gasteiger partial charge in [-0.2, -0.15) is 0 Å². The highest BCUT2D eigenvalue weighted by Crippen LogP contribution is 2.26. The average molecular weight is 199 g/mol. The summed E-state index contributed by atoms with van der Waals surface area (Å²) in [5.74, 6) is -1.07. The molecule has 1 atom stereocenters. The van der Waals surface area contributed by atoms with E-state index in [1.54, 1.807) is 6.92 Å². The van der Waals surface area contributed by atoms with Crippen LogP contribution in [0.2, 0.25) is 0 Å². The zero-order valence-corrected chi connectivity index (χ0v) is 8.64. The zero-order valence-electron chi connectivity index (χ0n) is 8.64. The van der Waals surface area contributed by atoms with Gasteiger partial charge in [-0.1, -0.05) is 19.9 Å². The lowest BCUT2D eigenvalue weighted by atomic mass is 9.94. The number of hydrogen-bond acceptors (Lipinski definition) is 1. The van der Waals surface area contributed by atoms with E-state index in [9.17, 15) is 8.78 Å². The van der Waals surface area contributed by atoms with Crippen molar-refractivity contribution in [3.8, 4) is 0 Å². The molecule has 0 aliphatic carbocycles. The molecule has 0 unspecified atom stereocenters. The van der Waals surface area contributed by atoms with Gasteiger partial charge in [0.25, 0.3) is 0 Å². The average Bonchev–Trinajstić information content (AvgIpc) is 2.12. The molecule has 0 fully saturated rings. The fourth-order valence-corrected chi connectivity index (χ4v) is 1.32. The van der Waals surface area contributed by atoms with Crippen molar-refractivity contribution in [3.63, 3.8) is 0 Å². The van der Waals surface area contributed by atoms with Crippen LogP contribution in [0.3, 0.4) is 0 Å². The van der Waals surface area contributed by atoms with E-state index in [1.165, 1.54) is 12.1 Å². The Hall–Kier alpha value is -0.960. The molecule has 1 aromatic carbocycles. The molecule has 0 aliphatic heterocycles. The van der Waals surface area contributed by atoms with E-state index in [1.807, 2.05) is 13.8 Å². The van der Waals surface area contributed by atoms with E-state index >= 15 is 0 Å². The van der Waals surface area contributed by atoms with E-state index in [0.29, 0.717) is 5.56 Å². The maximum absolute atomic E-state index is 13.6. The second-order valence-corrected chi connectivity index (χ2v) is 3.86. The van der Waals surface area contributed by atoms with Gasteiger partial charge in [0, 0.05) is 11.6 Å². The molecule has 0 saturated carbocycles. The van der Waals surface area contributed by atoms with Gasteiger partial charge in [0.1, 0.15) is 11.6 Å². The lowest BCUT2D eigenvalue weighted by molar-refractivity contribution is 0.452. The first-order valence-corrected chi connectivity index (χ1v) is 4.65. The molecule has 0 aliphatic rings. The van der Waals surface area contributed by atoms with Crippen molar-refractivity contribution in [3.05, 3.63) is 34.9 Å². The Kier molecular flexibility index (Phi) is 3.21. The van der Waals surface area contributed by atoms with E-state index in [-0.39, 0.29) is 11.5 Å². The van der Waals surface area contributed by atoms with Crippen molar-refractivity contribution in [1.29, 1.82) is 0 Å². The maximum Gasteiger partial charge on any atom is 0.133 e. The summed E-state index contributed by atoms with van der Waals surface area (Å²) >= 11 is 0. The van der Waals surface area contributed by atoms with Gasteiger partial charge in [-0.25, -0.2) is 8.78 Å². The van der Waals surface area contributed by atoms with Gasteiger partial charge in [-0.3, -0.25) is 0 Å². The van der Waals surface area contributed by atoms with E-state index in [4.69, 9.17) is 5.73 Å². The number of nitrogens with two attached hydrogens (primary N) is 1. The quantitative estimate of drug-likeness (QED) is 0.778. The molecule has 1 rings (SSSR count). The van der Waals surface area contributed by atoms with Crippen molar-refractivity contribution in [2.75, 3.05) is 0 Å². The largest absolute Gasteiger partial charge is 0.324 e. The molecule has 0 bridgehead atoms. The molecule has 78 valence electrons. The summed E-state index contributed by atoms with van der Waals surface area (Å²) < 4.78 is 26.9. The first-order valence-electron chi connectivity index (χ1n) is 4.65. The highest BCUT2D eigenvalue weighted by molar-refractivity contribution is 5.29. The number of hydrogen-bond donors (Lipinski definition) is 1. The van der Waals surface area contributed by atoms with Gasteiger partial charge >= 0.3 is 0 Å². The van der Waals surface area contributed by atoms with Crippen LogP contribution in [0.4, 0.5) is 8.78 Å². The summed E-state index contributed by atoms with van der Waals surface area (Å²) in [6.07, 6.45) is 0. The van der Waals surface area contributed by atoms with E-state index in [2.05, 4.69) is 0 Å². The topological polar surface area (TPSA) is 26.0 Å². The number of benzene rings is 1. The van der Waals surface area contributed by atoms with Gasteiger partial charge < -0.3 is 5.73 Å². The monoisotopic (exact) mass is 199 g/mol. The van der Waals surface area contributed by atoms with E-state index < -0.39 is 17.7 Å². The molecule has 0 spiro atoms. The summed E-state index contributed by atoms with van der Waals surface area (Å²) in [6.45, 7) is 5.28. The van der Waals surface area contributed by atoms with Crippen LogP contribution in [0.15, 0.2) is 12.1 Å². The van der Waals surface area contributed by atoms with Crippen molar-refractivity contribution < 1.29 is 8.78 Å². The standard InChI is InChI=1S/C11H15F2N/c1-6(2)11(14)9-8(12)5-4-7(3)10(9)13/h4-6,11H,14H2,1-3H3/t11-/m1/s1. The first kappa shape index (κ1) is 11.1. The Morgan fingerprint density at radius 1 is 1.21 bits per heavy atom. The van der Waals surface area contributed by atoms with Gasteiger partial charge in [0.2, 0.25) is 0 Å². The predicted octanol–water partition coefficient (Wildman–Crippen LogP) is 2.93. The van der Waals surface area contributed by atoms with Crippen molar-refractivity contribution in [2.24, 2.45) is 11.7 Å². The molecule has 0 aromatic heterocycles. The number of halogens is 2. The smallest absolute Gasteiger partial charge is 0.133 e. The summed E-state index contributed by atoms with van der Waals surface area (Å²) in [6, 6.07) is 2.09. The highest BCUT2D eigenvalue weighted by Gasteiger charge is 2.20. The van der Waals surface area contributed by atoms with Crippen molar-refractivity contribution in [2.45, 2.75) is 26.8 Å². The first-order chi connectivity index (χ1) is 6.45. The minimum absolute atomic E-state index is 0.000000000000000222. The molecular formula is C11H15F2N. The lowest BCUT2D eigenvalue weighted by Crippen LogP contribution is -2.20. The lowest BCUT2D eigenvalue weighted by Gasteiger charge is -2.18. The summed E-state index contributed by atoms with van der Waals surface area (Å²) in [7, 11) is 0. The van der Waals surface area contributed by atoms with Gasteiger partial charge in [-0.05, 0) is 24.5 Å². The third-order valence-electron chi connectivity index (χ3n) is 2.37. The van der Waals surface area contributed by atoms with Crippen LogP contribution in [0, 0.1) is 24.5 Å². The fraction of sp³-hybridized carbons (Fsp3) is 0.455. The SMILES string of the molecule is Cc1ccc(F)c([C@H](N)C(C)C)c1F. The van der Waals surface area contributed by atoms with E-state index in [0.717, 1.165) is 0 Å². The van der Waals surface area contributed by atoms with Crippen LogP contribution < -0.4 is 5.73 Å². The number of aryl methyl sites for hydroxylation is 1. The third-order valence-corrected chi connectivity index (χ3v) is 2.37. The third kappa shape index (κ3) is 1.93. The van der Waals surface area contributed by atoms with Crippen molar-refractivity contribution in [1.82, 2.24) is 0 Å². The van der Waals surface area contributed by atoms with Crippen LogP contribution in [-0.2, 0) is 0 Å². The van der Waals surface area contributed by atoms with Crippen LogP contribution in [0.1, 0.15) is 31.0 Å². The van der Waals surface area contributed by atoms with Gasteiger partial charge in [0.05, 0.1) is 0 Å². The molecule has 1 aromatic rings. The maximum atomic E-state index is 13.6. The zero-order chi connectivity index (χ0) is 10.9. The second kappa shape index (κ2) is 4.05. The van der Waals surface area contributed by atoms with Crippen LogP contribution in [0.25, 0.3) is 0 Å². The summed E-state index contributed by atoms with van der Waals surface area (Å²) in [4.78, 5) is 0.